The van der Waals surface area contributed by atoms with Crippen molar-refractivity contribution in [2.24, 2.45) is 0 Å². The number of allylic oxidation sites excluding steroid dienone is 1. The van der Waals surface area contributed by atoms with E-state index in [9.17, 15) is 0 Å². The standard InChI is InChI=1S/C43H48N2O2/c1-6-41(33-13-9-7-10-14-33)43(38-23-27-40(28-24-38)47-32-30-45(4)5)37-19-17-35(18-20-37)42(34-15-11-8-12-16-34)36-21-25-39(26-22-36)46-31-29-44(2)3/h7-28,42H,6,29-32H2,1-5H3/b43-41+. The maximum Gasteiger partial charge on any atom is 0.119 e. The molecule has 47 heavy (non-hydrogen) atoms. The number of hydrogen-bond acceptors (Lipinski definition) is 4. The molecule has 242 valence electrons. The van der Waals surface area contributed by atoms with Gasteiger partial charge >= 0.3 is 0 Å². The molecule has 0 aliphatic rings. The normalized spacial score (nSPS) is 12.6. The van der Waals surface area contributed by atoms with Gasteiger partial charge in [-0.2, -0.15) is 0 Å². The molecule has 5 aromatic rings. The molecule has 0 aliphatic carbocycles. The molecule has 0 fully saturated rings. The van der Waals surface area contributed by atoms with E-state index in [0.717, 1.165) is 31.0 Å². The Morgan fingerprint density at radius 3 is 1.36 bits per heavy atom. The fourth-order valence-corrected chi connectivity index (χ4v) is 5.91. The molecular weight excluding hydrogens is 576 g/mol. The Bertz CT molecular complexity index is 1680. The van der Waals surface area contributed by atoms with E-state index >= 15 is 0 Å². The van der Waals surface area contributed by atoms with Crippen LogP contribution in [0.5, 0.6) is 11.5 Å². The second kappa shape index (κ2) is 16.8. The van der Waals surface area contributed by atoms with Gasteiger partial charge in [-0.25, -0.2) is 0 Å². The van der Waals surface area contributed by atoms with Gasteiger partial charge in [0.15, 0.2) is 0 Å². The molecule has 0 radical (unpaired) electrons. The lowest BCUT2D eigenvalue weighted by Gasteiger charge is -2.21. The second-order valence-corrected chi connectivity index (χ2v) is 12.4. The van der Waals surface area contributed by atoms with Crippen molar-refractivity contribution in [2.75, 3.05) is 54.5 Å². The molecule has 4 heteroatoms. The van der Waals surface area contributed by atoms with Crippen LogP contribution in [0.1, 0.15) is 52.6 Å². The first-order valence-corrected chi connectivity index (χ1v) is 16.6. The third-order valence-electron chi connectivity index (χ3n) is 8.41. The largest absolute Gasteiger partial charge is 0.492 e. The summed E-state index contributed by atoms with van der Waals surface area (Å²) in [5.74, 6) is 1.89. The fraction of sp³-hybridized carbons (Fsp3) is 0.256. The summed E-state index contributed by atoms with van der Waals surface area (Å²) in [6, 6.07) is 47.9. The highest BCUT2D eigenvalue weighted by Crippen LogP contribution is 2.38. The number of hydrogen-bond donors (Lipinski definition) is 0. The average molecular weight is 625 g/mol. The molecule has 0 bridgehead atoms. The lowest BCUT2D eigenvalue weighted by molar-refractivity contribution is 0.261. The third-order valence-corrected chi connectivity index (χ3v) is 8.41. The van der Waals surface area contributed by atoms with E-state index in [1.807, 2.05) is 0 Å². The number of rotatable bonds is 15. The van der Waals surface area contributed by atoms with Crippen LogP contribution in [0.15, 0.2) is 133 Å². The number of benzene rings is 5. The monoisotopic (exact) mass is 624 g/mol. The van der Waals surface area contributed by atoms with Crippen LogP contribution in [0.2, 0.25) is 0 Å². The Labute approximate surface area is 281 Å². The highest BCUT2D eigenvalue weighted by molar-refractivity contribution is 5.98. The van der Waals surface area contributed by atoms with Crippen molar-refractivity contribution >= 4 is 11.1 Å². The maximum absolute atomic E-state index is 6.02. The van der Waals surface area contributed by atoms with Gasteiger partial charge in [-0.1, -0.05) is 116 Å². The molecule has 5 rings (SSSR count). The molecule has 0 aliphatic heterocycles. The van der Waals surface area contributed by atoms with Gasteiger partial charge in [0, 0.05) is 19.0 Å². The summed E-state index contributed by atoms with van der Waals surface area (Å²) in [4.78, 5) is 4.26. The number of likely N-dealkylation sites (N-methyl/N-ethyl adjacent to an activating group) is 2. The van der Waals surface area contributed by atoms with Crippen molar-refractivity contribution in [3.63, 3.8) is 0 Å². The van der Waals surface area contributed by atoms with E-state index in [4.69, 9.17) is 9.47 Å². The van der Waals surface area contributed by atoms with E-state index in [0.29, 0.717) is 13.2 Å². The van der Waals surface area contributed by atoms with E-state index in [1.54, 1.807) is 0 Å². The van der Waals surface area contributed by atoms with Crippen LogP contribution in [0, 0.1) is 0 Å². The first kappa shape index (κ1) is 33.7. The molecule has 0 spiro atoms. The summed E-state index contributed by atoms with van der Waals surface area (Å²) in [5, 5.41) is 0. The van der Waals surface area contributed by atoms with Crippen LogP contribution in [-0.2, 0) is 0 Å². The topological polar surface area (TPSA) is 24.9 Å². The first-order valence-electron chi connectivity index (χ1n) is 16.6. The summed E-state index contributed by atoms with van der Waals surface area (Å²) < 4.78 is 12.0. The molecular formula is C43H48N2O2. The van der Waals surface area contributed by atoms with Gasteiger partial charge in [0.1, 0.15) is 24.7 Å². The maximum atomic E-state index is 6.02. The quantitative estimate of drug-likeness (QED) is 0.0857. The van der Waals surface area contributed by atoms with Crippen molar-refractivity contribution in [2.45, 2.75) is 19.3 Å². The molecule has 0 amide bonds. The van der Waals surface area contributed by atoms with Crippen molar-refractivity contribution in [1.29, 1.82) is 0 Å². The van der Waals surface area contributed by atoms with Crippen LogP contribution in [0.3, 0.4) is 0 Å². The van der Waals surface area contributed by atoms with Crippen LogP contribution >= 0.6 is 0 Å². The van der Waals surface area contributed by atoms with E-state index in [2.05, 4.69) is 178 Å². The Balaban J connectivity index is 1.50. The predicted molar refractivity (Wildman–Crippen MR) is 197 cm³/mol. The van der Waals surface area contributed by atoms with Gasteiger partial charge in [-0.05, 0) is 103 Å². The van der Waals surface area contributed by atoms with Crippen molar-refractivity contribution in [1.82, 2.24) is 9.80 Å². The molecule has 0 heterocycles. The SMILES string of the molecule is CC/C(=C(\c1ccc(OCCN(C)C)cc1)c1ccc(C(c2ccccc2)c2ccc(OCCN(C)C)cc2)cc1)c1ccccc1. The van der Waals surface area contributed by atoms with Crippen LogP contribution in [0.25, 0.3) is 11.1 Å². The lowest BCUT2D eigenvalue weighted by atomic mass is 9.83. The van der Waals surface area contributed by atoms with E-state index < -0.39 is 0 Å². The molecule has 0 saturated heterocycles. The summed E-state index contributed by atoms with van der Waals surface area (Å²) in [7, 11) is 8.24. The molecule has 5 aromatic carbocycles. The van der Waals surface area contributed by atoms with Crippen LogP contribution < -0.4 is 9.47 Å². The van der Waals surface area contributed by atoms with Crippen molar-refractivity contribution < 1.29 is 9.47 Å². The number of ether oxygens (including phenoxy) is 2. The highest BCUT2D eigenvalue weighted by Gasteiger charge is 2.19. The highest BCUT2D eigenvalue weighted by atomic mass is 16.5. The van der Waals surface area contributed by atoms with Gasteiger partial charge in [0.25, 0.3) is 0 Å². The molecule has 0 aromatic heterocycles. The minimum Gasteiger partial charge on any atom is -0.492 e. The van der Waals surface area contributed by atoms with Crippen molar-refractivity contribution in [3.8, 4) is 11.5 Å². The Hall–Kier alpha value is -4.64. The first-order chi connectivity index (χ1) is 22.9. The minimum absolute atomic E-state index is 0.104. The van der Waals surface area contributed by atoms with Gasteiger partial charge in [0.2, 0.25) is 0 Å². The summed E-state index contributed by atoms with van der Waals surface area (Å²) >= 11 is 0. The van der Waals surface area contributed by atoms with Gasteiger partial charge in [0.05, 0.1) is 0 Å². The fourth-order valence-electron chi connectivity index (χ4n) is 5.91. The zero-order valence-electron chi connectivity index (χ0n) is 28.5. The van der Waals surface area contributed by atoms with Gasteiger partial charge in [-0.3, -0.25) is 0 Å². The second-order valence-electron chi connectivity index (χ2n) is 12.4. The van der Waals surface area contributed by atoms with Crippen LogP contribution in [0.4, 0.5) is 0 Å². The minimum atomic E-state index is 0.104. The van der Waals surface area contributed by atoms with E-state index in [1.165, 1.54) is 44.5 Å². The van der Waals surface area contributed by atoms with Gasteiger partial charge in [-0.15, -0.1) is 0 Å². The van der Waals surface area contributed by atoms with Gasteiger partial charge < -0.3 is 19.3 Å². The zero-order chi connectivity index (χ0) is 33.0. The molecule has 0 saturated carbocycles. The Morgan fingerprint density at radius 1 is 0.489 bits per heavy atom. The molecule has 1 atom stereocenters. The lowest BCUT2D eigenvalue weighted by Crippen LogP contribution is -2.19. The van der Waals surface area contributed by atoms with E-state index in [-0.39, 0.29) is 5.92 Å². The third kappa shape index (κ3) is 9.22. The van der Waals surface area contributed by atoms with Crippen LogP contribution in [-0.4, -0.2) is 64.3 Å². The molecule has 1 unspecified atom stereocenters. The summed E-state index contributed by atoms with van der Waals surface area (Å²) in [6.45, 7) is 5.34. The summed E-state index contributed by atoms with van der Waals surface area (Å²) in [5.41, 5.74) is 9.96. The Morgan fingerprint density at radius 2 is 0.894 bits per heavy atom. The molecule has 0 N–H and O–H groups in total. The smallest absolute Gasteiger partial charge is 0.119 e. The number of nitrogens with zero attached hydrogens (tertiary/aromatic N) is 2. The summed E-state index contributed by atoms with van der Waals surface area (Å²) in [6.07, 6.45) is 0.914. The Kier molecular flexibility index (Phi) is 12.0. The molecule has 4 nitrogen and oxygen atoms in total. The average Bonchev–Trinajstić information content (AvgIpc) is 3.09. The predicted octanol–water partition coefficient (Wildman–Crippen LogP) is 9.12. The zero-order valence-corrected chi connectivity index (χ0v) is 28.5. The van der Waals surface area contributed by atoms with Crippen molar-refractivity contribution in [3.05, 3.63) is 167 Å².